The minimum atomic E-state index is -1.36. The number of hydrogen-bond donors (Lipinski definition) is 1. The van der Waals surface area contributed by atoms with Crippen molar-refractivity contribution in [1.82, 2.24) is 15.2 Å². The van der Waals surface area contributed by atoms with Crippen molar-refractivity contribution in [1.29, 1.82) is 0 Å². The molecule has 2 heterocycles. The second-order valence-electron chi connectivity index (χ2n) is 7.05. The van der Waals surface area contributed by atoms with E-state index in [4.69, 9.17) is 9.47 Å². The van der Waals surface area contributed by atoms with Crippen LogP contribution in [0.4, 0.5) is 0 Å². The first kappa shape index (κ1) is 24.0. The van der Waals surface area contributed by atoms with Gasteiger partial charge in [-0.2, -0.15) is 0 Å². The summed E-state index contributed by atoms with van der Waals surface area (Å²) in [5.41, 5.74) is 1.19. The number of aromatic nitrogens is 1. The highest BCUT2D eigenvalue weighted by Crippen LogP contribution is 2.15. The monoisotopic (exact) mass is 437 g/mol. The lowest BCUT2D eigenvalue weighted by molar-refractivity contribution is -0.140. The molecule has 1 aliphatic rings. The number of carbonyl (C=O) groups excluding carboxylic acids is 2. The zero-order valence-electron chi connectivity index (χ0n) is 17.5. The third-order valence-corrected chi connectivity index (χ3v) is 5.68. The average Bonchev–Trinajstić information content (AvgIpc) is 2.71. The summed E-state index contributed by atoms with van der Waals surface area (Å²) in [4.78, 5) is 29.0. The number of likely N-dealkylation sites (tertiary alicyclic amines) is 1. The summed E-state index contributed by atoms with van der Waals surface area (Å²) in [5, 5.41) is 2.66. The maximum absolute atomic E-state index is 11.7. The lowest BCUT2D eigenvalue weighted by Crippen LogP contribution is -2.29. The van der Waals surface area contributed by atoms with Crippen LogP contribution in [-0.4, -0.2) is 70.3 Å². The molecule has 30 heavy (non-hydrogen) atoms. The molecule has 8 nitrogen and oxygen atoms in total. The summed E-state index contributed by atoms with van der Waals surface area (Å²) in [5.74, 6) is -0.109. The van der Waals surface area contributed by atoms with Crippen LogP contribution in [0.1, 0.15) is 31.7 Å². The smallest absolute Gasteiger partial charge is 0.302 e. The van der Waals surface area contributed by atoms with Crippen LogP contribution in [0.5, 0.6) is 5.88 Å². The number of carbonyl (C=O) groups is 2. The number of hydrogen-bond acceptors (Lipinski definition) is 7. The first-order chi connectivity index (χ1) is 14.5. The summed E-state index contributed by atoms with van der Waals surface area (Å²) in [7, 11) is -1.36. The summed E-state index contributed by atoms with van der Waals surface area (Å²) >= 11 is 0. The molecule has 1 unspecified atom stereocenters. The number of nitrogens with one attached hydrogen (secondary N) is 1. The van der Waals surface area contributed by atoms with Crippen LogP contribution >= 0.6 is 0 Å². The van der Waals surface area contributed by atoms with Gasteiger partial charge in [-0.25, -0.2) is 4.98 Å². The second-order valence-corrected chi connectivity index (χ2v) is 8.63. The minimum absolute atomic E-state index is 0.0553. The molecule has 0 saturated carbocycles. The van der Waals surface area contributed by atoms with Gasteiger partial charge in [0.15, 0.2) is 0 Å². The molecule has 1 atom stereocenters. The van der Waals surface area contributed by atoms with Gasteiger partial charge in [0.2, 0.25) is 11.8 Å². The third-order valence-electron chi connectivity index (χ3n) is 4.47. The van der Waals surface area contributed by atoms with Crippen molar-refractivity contribution in [3.05, 3.63) is 36.0 Å². The van der Waals surface area contributed by atoms with E-state index >= 15 is 0 Å². The van der Waals surface area contributed by atoms with E-state index in [-0.39, 0.29) is 24.0 Å². The van der Waals surface area contributed by atoms with Gasteiger partial charge in [0.05, 0.1) is 5.75 Å². The van der Waals surface area contributed by atoms with E-state index in [0.717, 1.165) is 19.6 Å². The van der Waals surface area contributed by atoms with E-state index < -0.39 is 16.8 Å². The quantitative estimate of drug-likeness (QED) is 0.390. The van der Waals surface area contributed by atoms with Gasteiger partial charge in [-0.15, -0.1) is 0 Å². The van der Waals surface area contributed by atoms with Gasteiger partial charge in [-0.3, -0.25) is 18.7 Å². The zero-order chi connectivity index (χ0) is 21.6. The first-order valence-electron chi connectivity index (χ1n) is 10.2. The molecular formula is C21H31N3O5S. The molecule has 0 bridgehead atoms. The van der Waals surface area contributed by atoms with E-state index in [2.05, 4.69) is 15.2 Å². The molecule has 9 heteroatoms. The Morgan fingerprint density at radius 1 is 1.27 bits per heavy atom. The molecule has 1 aliphatic heterocycles. The molecule has 1 saturated heterocycles. The molecule has 1 fully saturated rings. The highest BCUT2D eigenvalue weighted by atomic mass is 32.2. The van der Waals surface area contributed by atoms with Gasteiger partial charge >= 0.3 is 5.97 Å². The topological polar surface area (TPSA) is 97.8 Å². The van der Waals surface area contributed by atoms with Crippen molar-refractivity contribution >= 4 is 22.7 Å². The van der Waals surface area contributed by atoms with Crippen LogP contribution in [0.15, 0.2) is 30.5 Å². The van der Waals surface area contributed by atoms with Crippen molar-refractivity contribution in [2.75, 3.05) is 44.4 Å². The molecule has 1 amide bonds. The highest BCUT2D eigenvalue weighted by Gasteiger charge is 2.11. The molecule has 166 valence electrons. The molecule has 0 aliphatic carbocycles. The van der Waals surface area contributed by atoms with E-state index in [1.807, 2.05) is 12.1 Å². The van der Waals surface area contributed by atoms with Crippen LogP contribution in [-0.2, 0) is 31.7 Å². The Balaban J connectivity index is 1.59. The van der Waals surface area contributed by atoms with Gasteiger partial charge in [-0.05, 0) is 43.6 Å². The van der Waals surface area contributed by atoms with Gasteiger partial charge in [-0.1, -0.05) is 12.5 Å². The molecule has 0 aromatic carbocycles. The minimum Gasteiger partial charge on any atom is -0.473 e. The van der Waals surface area contributed by atoms with Crippen LogP contribution in [0.25, 0.3) is 0 Å². The maximum atomic E-state index is 11.7. The van der Waals surface area contributed by atoms with Crippen LogP contribution in [0, 0.1) is 0 Å². The molecule has 1 aromatic heterocycles. The fourth-order valence-electron chi connectivity index (χ4n) is 3.01. The third kappa shape index (κ3) is 10.5. The van der Waals surface area contributed by atoms with Crippen LogP contribution in [0.3, 0.4) is 0 Å². The highest BCUT2D eigenvalue weighted by molar-refractivity contribution is 7.85. The number of ether oxygens (including phenoxy) is 2. The van der Waals surface area contributed by atoms with Crippen molar-refractivity contribution < 1.29 is 23.3 Å². The Labute approximate surface area is 180 Å². The van der Waals surface area contributed by atoms with Gasteiger partial charge < -0.3 is 14.8 Å². The lowest BCUT2D eigenvalue weighted by atomic mass is 10.1. The number of piperidine rings is 1. The SMILES string of the molecule is CC(=O)OCCS(=O)CC(=O)NC/C=C\COc1cc(CN2CCCCC2)ccn1. The summed E-state index contributed by atoms with van der Waals surface area (Å²) in [6, 6.07) is 3.98. The number of pyridine rings is 1. The Morgan fingerprint density at radius 3 is 2.83 bits per heavy atom. The van der Waals surface area contributed by atoms with Crippen molar-refractivity contribution in [3.8, 4) is 5.88 Å². The second kappa shape index (κ2) is 13.9. The van der Waals surface area contributed by atoms with E-state index in [9.17, 15) is 13.8 Å². The summed E-state index contributed by atoms with van der Waals surface area (Å²) in [6.07, 6.45) is 9.19. The molecule has 1 aromatic rings. The van der Waals surface area contributed by atoms with Crippen molar-refractivity contribution in [3.63, 3.8) is 0 Å². The normalized spacial score (nSPS) is 15.6. The van der Waals surface area contributed by atoms with Gasteiger partial charge in [0, 0.05) is 43.1 Å². The predicted molar refractivity (Wildman–Crippen MR) is 116 cm³/mol. The molecule has 0 spiro atoms. The van der Waals surface area contributed by atoms with E-state index in [1.54, 1.807) is 18.3 Å². The van der Waals surface area contributed by atoms with Crippen LogP contribution < -0.4 is 10.1 Å². The number of rotatable bonds is 12. The molecule has 2 rings (SSSR count). The number of amides is 1. The Bertz CT molecular complexity index is 735. The maximum Gasteiger partial charge on any atom is 0.302 e. The first-order valence-corrected chi connectivity index (χ1v) is 11.7. The van der Waals surface area contributed by atoms with Crippen molar-refractivity contribution in [2.24, 2.45) is 0 Å². The number of esters is 1. The molecule has 0 radical (unpaired) electrons. The average molecular weight is 438 g/mol. The zero-order valence-corrected chi connectivity index (χ0v) is 18.3. The number of nitrogens with zero attached hydrogens (tertiary/aromatic N) is 2. The van der Waals surface area contributed by atoms with E-state index in [1.165, 1.54) is 31.7 Å². The Morgan fingerprint density at radius 2 is 2.07 bits per heavy atom. The summed E-state index contributed by atoms with van der Waals surface area (Å²) in [6.45, 7) is 5.23. The fourth-order valence-corrected chi connectivity index (χ4v) is 3.82. The molecular weight excluding hydrogens is 406 g/mol. The van der Waals surface area contributed by atoms with Gasteiger partial charge in [0.25, 0.3) is 0 Å². The standard InChI is InChI=1S/C21H31N3O5S/c1-18(25)28-13-14-30(27)17-20(26)22-8-3-6-12-29-21-15-19(7-9-23-21)16-24-10-4-2-5-11-24/h3,6-7,9,15H,2,4-5,8,10-14,16-17H2,1H3,(H,22,26)/b6-3-. The Kier molecular flexibility index (Phi) is 11.1. The van der Waals surface area contributed by atoms with Gasteiger partial charge in [0.1, 0.15) is 19.0 Å². The Hall–Kier alpha value is -2.26. The molecule has 1 N–H and O–H groups in total. The van der Waals surface area contributed by atoms with Crippen LogP contribution in [0.2, 0.25) is 0 Å². The van der Waals surface area contributed by atoms with E-state index in [0.29, 0.717) is 19.0 Å². The largest absolute Gasteiger partial charge is 0.473 e. The predicted octanol–water partition coefficient (Wildman–Crippen LogP) is 1.43. The lowest BCUT2D eigenvalue weighted by Gasteiger charge is -2.26. The van der Waals surface area contributed by atoms with Crippen molar-refractivity contribution in [2.45, 2.75) is 32.7 Å². The fraction of sp³-hybridized carbons (Fsp3) is 0.571. The summed E-state index contributed by atoms with van der Waals surface area (Å²) < 4.78 is 22.0.